The largest absolute Gasteiger partial charge is 0.338 e. The van der Waals surface area contributed by atoms with Gasteiger partial charge in [0.05, 0.1) is 17.1 Å². The number of rotatable bonds is 5. The molecule has 2 heterocycles. The summed E-state index contributed by atoms with van der Waals surface area (Å²) in [6, 6.07) is 10.1. The Morgan fingerprint density at radius 3 is 2.73 bits per heavy atom. The van der Waals surface area contributed by atoms with Gasteiger partial charge in [-0.25, -0.2) is 0 Å². The fourth-order valence-electron chi connectivity index (χ4n) is 3.34. The first-order valence-electron chi connectivity index (χ1n) is 8.92. The van der Waals surface area contributed by atoms with Gasteiger partial charge in [0, 0.05) is 23.5 Å². The van der Waals surface area contributed by atoms with Crippen molar-refractivity contribution in [2.75, 3.05) is 7.05 Å². The third-order valence-corrected chi connectivity index (χ3v) is 6.69. The van der Waals surface area contributed by atoms with E-state index in [1.165, 1.54) is 24.2 Å². The van der Waals surface area contributed by atoms with Crippen LogP contribution in [0.4, 0.5) is 0 Å². The molecule has 1 fully saturated rings. The molecule has 0 spiro atoms. The van der Waals surface area contributed by atoms with Gasteiger partial charge in [0.25, 0.3) is 5.91 Å². The zero-order chi connectivity index (χ0) is 18.4. The number of aryl methyl sites for hydroxylation is 1. The molecule has 0 bridgehead atoms. The molecule has 26 heavy (non-hydrogen) atoms. The molecule has 6 heteroatoms. The molecular formula is C20H22ClN3OS. The molecule has 1 aliphatic carbocycles. The maximum atomic E-state index is 12.9. The summed E-state index contributed by atoms with van der Waals surface area (Å²) < 4.78 is 1.99. The van der Waals surface area contributed by atoms with Crippen LogP contribution in [-0.2, 0) is 6.54 Å². The molecule has 2 aromatic heterocycles. The molecule has 4 nitrogen and oxygen atoms in total. The second kappa shape index (κ2) is 6.71. The third kappa shape index (κ3) is 3.26. The van der Waals surface area contributed by atoms with Gasteiger partial charge in [-0.1, -0.05) is 23.7 Å². The predicted molar refractivity (Wildman–Crippen MR) is 107 cm³/mol. The van der Waals surface area contributed by atoms with E-state index in [4.69, 9.17) is 11.6 Å². The van der Waals surface area contributed by atoms with E-state index < -0.39 is 0 Å². The van der Waals surface area contributed by atoms with Crippen molar-refractivity contribution >= 4 is 39.1 Å². The number of carbonyl (C=O) groups excluding carboxylic acids is 1. The molecule has 136 valence electrons. The summed E-state index contributed by atoms with van der Waals surface area (Å²) in [4.78, 5) is 16.6. The number of thiophene rings is 1. The predicted octanol–water partition coefficient (Wildman–Crippen LogP) is 4.98. The number of benzene rings is 1. The number of halogens is 1. The molecule has 1 saturated carbocycles. The maximum absolute atomic E-state index is 12.9. The second-order valence-corrected chi connectivity index (χ2v) is 8.66. The molecule has 1 atom stereocenters. The maximum Gasteiger partial charge on any atom is 0.264 e. The van der Waals surface area contributed by atoms with Crippen LogP contribution in [0.25, 0.3) is 10.2 Å². The van der Waals surface area contributed by atoms with Gasteiger partial charge in [0.1, 0.15) is 4.83 Å². The average Bonchev–Trinajstić information content (AvgIpc) is 3.32. The standard InChI is InChI=1S/C20H22ClN3OS/c1-12-17-10-18(19(25)23(3)13(2)15-6-7-15)26-20(17)24(22-12)11-14-4-8-16(21)9-5-14/h4-5,8-10,13,15H,6-7,11H2,1-3H3. The van der Waals surface area contributed by atoms with E-state index in [-0.39, 0.29) is 5.91 Å². The van der Waals surface area contributed by atoms with Crippen molar-refractivity contribution in [3.05, 3.63) is 51.5 Å². The Morgan fingerprint density at radius 2 is 2.08 bits per heavy atom. The van der Waals surface area contributed by atoms with E-state index in [1.54, 1.807) is 0 Å². The van der Waals surface area contributed by atoms with E-state index in [0.717, 1.165) is 31.4 Å². The normalized spacial score (nSPS) is 15.4. The van der Waals surface area contributed by atoms with Crippen molar-refractivity contribution in [1.82, 2.24) is 14.7 Å². The monoisotopic (exact) mass is 387 g/mol. The Hall–Kier alpha value is -1.85. The van der Waals surface area contributed by atoms with Gasteiger partial charge in [-0.2, -0.15) is 5.10 Å². The summed E-state index contributed by atoms with van der Waals surface area (Å²) >= 11 is 7.51. The van der Waals surface area contributed by atoms with Gasteiger partial charge in [-0.3, -0.25) is 9.48 Å². The van der Waals surface area contributed by atoms with E-state index in [2.05, 4.69) is 12.0 Å². The van der Waals surface area contributed by atoms with E-state index >= 15 is 0 Å². The van der Waals surface area contributed by atoms with Gasteiger partial charge in [-0.05, 0) is 56.4 Å². The highest BCUT2D eigenvalue weighted by Gasteiger charge is 2.33. The Balaban J connectivity index is 1.62. The van der Waals surface area contributed by atoms with Crippen molar-refractivity contribution in [2.24, 2.45) is 5.92 Å². The smallest absolute Gasteiger partial charge is 0.264 e. The molecule has 1 amide bonds. The van der Waals surface area contributed by atoms with Crippen LogP contribution in [-0.4, -0.2) is 33.7 Å². The van der Waals surface area contributed by atoms with Crippen molar-refractivity contribution in [2.45, 2.75) is 39.3 Å². The van der Waals surface area contributed by atoms with Crippen LogP contribution in [0.2, 0.25) is 5.02 Å². The van der Waals surface area contributed by atoms with E-state index in [9.17, 15) is 4.79 Å². The molecule has 0 saturated heterocycles. The molecular weight excluding hydrogens is 366 g/mol. The highest BCUT2D eigenvalue weighted by atomic mass is 35.5. The summed E-state index contributed by atoms with van der Waals surface area (Å²) in [6.45, 7) is 4.82. The zero-order valence-electron chi connectivity index (χ0n) is 15.2. The molecule has 3 aromatic rings. The van der Waals surface area contributed by atoms with E-state index in [1.807, 2.05) is 53.9 Å². The topological polar surface area (TPSA) is 38.1 Å². The lowest BCUT2D eigenvalue weighted by Crippen LogP contribution is -2.35. The van der Waals surface area contributed by atoms with Crippen LogP contribution in [0.3, 0.4) is 0 Å². The van der Waals surface area contributed by atoms with Gasteiger partial charge in [0.2, 0.25) is 0 Å². The summed E-state index contributed by atoms with van der Waals surface area (Å²) in [5.41, 5.74) is 2.10. The first kappa shape index (κ1) is 17.6. The number of fused-ring (bicyclic) bond motifs is 1. The molecule has 4 rings (SSSR count). The lowest BCUT2D eigenvalue weighted by Gasteiger charge is -2.24. The minimum atomic E-state index is 0.114. The van der Waals surface area contributed by atoms with Gasteiger partial charge in [-0.15, -0.1) is 11.3 Å². The number of amides is 1. The molecule has 0 N–H and O–H groups in total. The number of carbonyl (C=O) groups is 1. The fraction of sp³-hybridized carbons (Fsp3) is 0.400. The van der Waals surface area contributed by atoms with Crippen molar-refractivity contribution in [1.29, 1.82) is 0 Å². The summed E-state index contributed by atoms with van der Waals surface area (Å²) in [5, 5.41) is 6.45. The summed E-state index contributed by atoms with van der Waals surface area (Å²) in [5.74, 6) is 0.781. The lowest BCUT2D eigenvalue weighted by molar-refractivity contribution is 0.0732. The van der Waals surface area contributed by atoms with Crippen LogP contribution >= 0.6 is 22.9 Å². The van der Waals surface area contributed by atoms with Crippen molar-refractivity contribution < 1.29 is 4.79 Å². The summed E-state index contributed by atoms with van der Waals surface area (Å²) in [6.07, 6.45) is 2.47. The second-order valence-electron chi connectivity index (χ2n) is 7.19. The van der Waals surface area contributed by atoms with Crippen LogP contribution in [0.15, 0.2) is 30.3 Å². The van der Waals surface area contributed by atoms with Crippen molar-refractivity contribution in [3.63, 3.8) is 0 Å². The SMILES string of the molecule is Cc1nn(Cc2ccc(Cl)cc2)c2sc(C(=O)N(C)C(C)C3CC3)cc12. The van der Waals surface area contributed by atoms with Crippen molar-refractivity contribution in [3.8, 4) is 0 Å². The average molecular weight is 388 g/mol. The molecule has 1 unspecified atom stereocenters. The fourth-order valence-corrected chi connectivity index (χ4v) is 4.61. The third-order valence-electron chi connectivity index (χ3n) is 5.30. The minimum absolute atomic E-state index is 0.114. The van der Waals surface area contributed by atoms with E-state index in [0.29, 0.717) is 18.5 Å². The molecule has 1 aliphatic rings. The Bertz CT molecular complexity index is 956. The Morgan fingerprint density at radius 1 is 1.38 bits per heavy atom. The van der Waals surface area contributed by atoms with Crippen LogP contribution in [0.5, 0.6) is 0 Å². The lowest BCUT2D eigenvalue weighted by atomic mass is 10.2. The zero-order valence-corrected chi connectivity index (χ0v) is 16.8. The van der Waals surface area contributed by atoms with Crippen LogP contribution < -0.4 is 0 Å². The first-order chi connectivity index (χ1) is 12.4. The minimum Gasteiger partial charge on any atom is -0.338 e. The van der Waals surface area contributed by atoms with Crippen LogP contribution in [0, 0.1) is 12.8 Å². The van der Waals surface area contributed by atoms with Gasteiger partial charge < -0.3 is 4.90 Å². The number of hydrogen-bond acceptors (Lipinski definition) is 3. The Labute approximate surface area is 162 Å². The van der Waals surface area contributed by atoms with Crippen LogP contribution in [0.1, 0.15) is 40.7 Å². The van der Waals surface area contributed by atoms with Gasteiger partial charge >= 0.3 is 0 Å². The highest BCUT2D eigenvalue weighted by molar-refractivity contribution is 7.20. The first-order valence-corrected chi connectivity index (χ1v) is 10.1. The van der Waals surface area contributed by atoms with Gasteiger partial charge in [0.15, 0.2) is 0 Å². The highest BCUT2D eigenvalue weighted by Crippen LogP contribution is 2.36. The number of nitrogens with zero attached hydrogens (tertiary/aromatic N) is 3. The molecule has 0 radical (unpaired) electrons. The number of hydrogen-bond donors (Lipinski definition) is 0. The molecule has 0 aliphatic heterocycles. The summed E-state index contributed by atoms with van der Waals surface area (Å²) in [7, 11) is 1.92. The quantitative estimate of drug-likeness (QED) is 0.619. The number of aromatic nitrogens is 2. The molecule has 1 aromatic carbocycles. The Kier molecular flexibility index (Phi) is 4.53.